The molecule has 2 aromatic heterocycles. The van der Waals surface area contributed by atoms with E-state index >= 15 is 0 Å². The second-order valence-corrected chi connectivity index (χ2v) is 6.59. The summed E-state index contributed by atoms with van der Waals surface area (Å²) in [5.41, 5.74) is 0.816. The SMILES string of the molecule is CC(C)c1nc(Cl)cc(=O)n1Cc1nc2ccccc2s1. The van der Waals surface area contributed by atoms with Crippen molar-refractivity contribution in [2.75, 3.05) is 0 Å². The van der Waals surface area contributed by atoms with E-state index in [1.54, 1.807) is 15.9 Å². The Kier molecular flexibility index (Phi) is 3.78. The molecule has 0 unspecified atom stereocenters. The molecule has 21 heavy (non-hydrogen) atoms. The van der Waals surface area contributed by atoms with Crippen LogP contribution in [-0.2, 0) is 6.54 Å². The molecule has 0 spiro atoms. The summed E-state index contributed by atoms with van der Waals surface area (Å²) in [7, 11) is 0. The van der Waals surface area contributed by atoms with Crippen LogP contribution < -0.4 is 5.56 Å². The number of para-hydroxylation sites is 1. The first kappa shape index (κ1) is 14.2. The molecule has 6 heteroatoms. The van der Waals surface area contributed by atoms with Crippen LogP contribution >= 0.6 is 22.9 Å². The van der Waals surface area contributed by atoms with Crippen molar-refractivity contribution in [3.63, 3.8) is 0 Å². The molecule has 0 saturated heterocycles. The maximum atomic E-state index is 12.2. The van der Waals surface area contributed by atoms with Gasteiger partial charge in [0.1, 0.15) is 16.0 Å². The number of nitrogens with zero attached hydrogens (tertiary/aromatic N) is 3. The first-order valence-corrected chi connectivity index (χ1v) is 7.86. The van der Waals surface area contributed by atoms with Crippen LogP contribution in [-0.4, -0.2) is 14.5 Å². The standard InChI is InChI=1S/C15H14ClN3OS/c1-9(2)15-18-12(16)7-14(20)19(15)8-13-17-10-5-3-4-6-11(10)21-13/h3-7,9H,8H2,1-2H3. The van der Waals surface area contributed by atoms with Crippen molar-refractivity contribution >= 4 is 33.2 Å². The summed E-state index contributed by atoms with van der Waals surface area (Å²) in [4.78, 5) is 21.1. The molecule has 0 saturated carbocycles. The largest absolute Gasteiger partial charge is 0.289 e. The van der Waals surface area contributed by atoms with Gasteiger partial charge in [0.25, 0.3) is 5.56 Å². The van der Waals surface area contributed by atoms with E-state index in [0.29, 0.717) is 12.4 Å². The topological polar surface area (TPSA) is 47.8 Å². The van der Waals surface area contributed by atoms with E-state index < -0.39 is 0 Å². The third kappa shape index (κ3) is 2.84. The second-order valence-electron chi connectivity index (χ2n) is 5.09. The molecule has 3 rings (SSSR count). The van der Waals surface area contributed by atoms with Crippen molar-refractivity contribution in [1.29, 1.82) is 0 Å². The van der Waals surface area contributed by atoms with Gasteiger partial charge in [-0.3, -0.25) is 9.36 Å². The van der Waals surface area contributed by atoms with E-state index in [2.05, 4.69) is 9.97 Å². The normalized spacial score (nSPS) is 11.4. The molecular weight excluding hydrogens is 306 g/mol. The molecule has 0 atom stereocenters. The number of halogens is 1. The van der Waals surface area contributed by atoms with E-state index in [0.717, 1.165) is 15.2 Å². The van der Waals surface area contributed by atoms with Gasteiger partial charge in [0.2, 0.25) is 0 Å². The Labute approximate surface area is 131 Å². The van der Waals surface area contributed by atoms with E-state index in [4.69, 9.17) is 11.6 Å². The first-order valence-electron chi connectivity index (χ1n) is 6.66. The van der Waals surface area contributed by atoms with Crippen LogP contribution in [0.2, 0.25) is 5.15 Å². The van der Waals surface area contributed by atoms with Crippen molar-refractivity contribution in [3.8, 4) is 0 Å². The van der Waals surface area contributed by atoms with Crippen LogP contribution in [0, 0.1) is 0 Å². The number of thiazole rings is 1. The summed E-state index contributed by atoms with van der Waals surface area (Å²) in [6.45, 7) is 4.41. The van der Waals surface area contributed by atoms with Gasteiger partial charge in [-0.2, -0.15) is 0 Å². The number of aromatic nitrogens is 3. The van der Waals surface area contributed by atoms with Gasteiger partial charge in [0.15, 0.2) is 0 Å². The van der Waals surface area contributed by atoms with Gasteiger partial charge in [-0.25, -0.2) is 9.97 Å². The fourth-order valence-corrected chi connectivity index (χ4v) is 3.35. The Morgan fingerprint density at radius 3 is 2.76 bits per heavy atom. The minimum Gasteiger partial charge on any atom is -0.289 e. The summed E-state index contributed by atoms with van der Waals surface area (Å²) in [5, 5.41) is 1.13. The van der Waals surface area contributed by atoms with E-state index in [-0.39, 0.29) is 16.6 Å². The summed E-state index contributed by atoms with van der Waals surface area (Å²) in [6, 6.07) is 9.30. The third-order valence-electron chi connectivity index (χ3n) is 3.15. The Balaban J connectivity index is 2.06. The molecule has 0 aliphatic carbocycles. The minimum atomic E-state index is -0.141. The maximum absolute atomic E-state index is 12.2. The lowest BCUT2D eigenvalue weighted by Crippen LogP contribution is -2.25. The van der Waals surface area contributed by atoms with Gasteiger partial charge in [-0.15, -0.1) is 11.3 Å². The smallest absolute Gasteiger partial charge is 0.255 e. The number of fused-ring (bicyclic) bond motifs is 1. The summed E-state index contributed by atoms with van der Waals surface area (Å²) in [5.74, 6) is 0.803. The number of hydrogen-bond donors (Lipinski definition) is 0. The predicted molar refractivity (Wildman–Crippen MR) is 86.3 cm³/mol. The molecule has 0 radical (unpaired) electrons. The molecule has 108 valence electrons. The van der Waals surface area contributed by atoms with Crippen LogP contribution in [0.4, 0.5) is 0 Å². The zero-order chi connectivity index (χ0) is 15.0. The highest BCUT2D eigenvalue weighted by atomic mass is 35.5. The molecule has 2 heterocycles. The molecule has 3 aromatic rings. The molecule has 0 amide bonds. The predicted octanol–water partition coefficient (Wildman–Crippen LogP) is 3.68. The molecule has 0 aliphatic rings. The molecular formula is C15H14ClN3OS. The van der Waals surface area contributed by atoms with Gasteiger partial charge in [-0.05, 0) is 12.1 Å². The highest BCUT2D eigenvalue weighted by Gasteiger charge is 2.13. The quantitative estimate of drug-likeness (QED) is 0.692. The average molecular weight is 320 g/mol. The monoisotopic (exact) mass is 319 g/mol. The van der Waals surface area contributed by atoms with Gasteiger partial charge in [0, 0.05) is 12.0 Å². The van der Waals surface area contributed by atoms with Crippen LogP contribution in [0.1, 0.15) is 30.6 Å². The highest BCUT2D eigenvalue weighted by Crippen LogP contribution is 2.23. The van der Waals surface area contributed by atoms with E-state index in [1.165, 1.54) is 6.07 Å². The Morgan fingerprint density at radius 2 is 2.05 bits per heavy atom. The summed E-state index contributed by atoms with van der Waals surface area (Å²) < 4.78 is 2.77. The van der Waals surface area contributed by atoms with Gasteiger partial charge in [0.05, 0.1) is 16.8 Å². The third-order valence-corrected chi connectivity index (χ3v) is 4.37. The lowest BCUT2D eigenvalue weighted by molar-refractivity contribution is 0.623. The van der Waals surface area contributed by atoms with Crippen molar-refractivity contribution in [2.45, 2.75) is 26.3 Å². The van der Waals surface area contributed by atoms with Crippen LogP contribution in [0.5, 0.6) is 0 Å². The highest BCUT2D eigenvalue weighted by molar-refractivity contribution is 7.18. The van der Waals surface area contributed by atoms with Crippen molar-refractivity contribution in [1.82, 2.24) is 14.5 Å². The van der Waals surface area contributed by atoms with Crippen molar-refractivity contribution in [3.05, 3.63) is 56.7 Å². The second kappa shape index (κ2) is 5.58. The molecule has 1 aromatic carbocycles. The molecule has 0 fully saturated rings. The molecule has 0 bridgehead atoms. The van der Waals surface area contributed by atoms with Gasteiger partial charge < -0.3 is 0 Å². The number of rotatable bonds is 3. The fraction of sp³-hybridized carbons (Fsp3) is 0.267. The average Bonchev–Trinajstić information content (AvgIpc) is 2.83. The molecule has 4 nitrogen and oxygen atoms in total. The first-order chi connectivity index (χ1) is 10.0. The zero-order valence-electron chi connectivity index (χ0n) is 11.7. The fourth-order valence-electron chi connectivity index (χ4n) is 2.22. The Morgan fingerprint density at radius 1 is 1.29 bits per heavy atom. The maximum Gasteiger partial charge on any atom is 0.255 e. The van der Waals surface area contributed by atoms with Crippen LogP contribution in [0.15, 0.2) is 35.1 Å². The number of benzene rings is 1. The Hall–Kier alpha value is -1.72. The molecule has 0 N–H and O–H groups in total. The van der Waals surface area contributed by atoms with E-state index in [1.807, 2.05) is 38.1 Å². The van der Waals surface area contributed by atoms with Crippen molar-refractivity contribution < 1.29 is 0 Å². The minimum absolute atomic E-state index is 0.116. The molecule has 0 aliphatic heterocycles. The lowest BCUT2D eigenvalue weighted by Gasteiger charge is -2.13. The lowest BCUT2D eigenvalue weighted by atomic mass is 10.2. The summed E-state index contributed by atoms with van der Waals surface area (Å²) in [6.07, 6.45) is 0. The van der Waals surface area contributed by atoms with Crippen LogP contribution in [0.3, 0.4) is 0 Å². The zero-order valence-corrected chi connectivity index (χ0v) is 13.3. The van der Waals surface area contributed by atoms with Gasteiger partial charge in [-0.1, -0.05) is 37.6 Å². The summed E-state index contributed by atoms with van der Waals surface area (Å²) >= 11 is 7.49. The van der Waals surface area contributed by atoms with E-state index in [9.17, 15) is 4.79 Å². The van der Waals surface area contributed by atoms with Crippen LogP contribution in [0.25, 0.3) is 10.2 Å². The van der Waals surface area contributed by atoms with Crippen molar-refractivity contribution in [2.24, 2.45) is 0 Å². The number of hydrogen-bond acceptors (Lipinski definition) is 4. The Bertz CT molecular complexity index is 820. The van der Waals surface area contributed by atoms with Gasteiger partial charge >= 0.3 is 0 Å².